The van der Waals surface area contributed by atoms with Gasteiger partial charge >= 0.3 is 0 Å². The molecule has 0 radical (unpaired) electrons. The quantitative estimate of drug-likeness (QED) is 0.350. The number of hydrogen-bond donors (Lipinski definition) is 3. The highest BCUT2D eigenvalue weighted by molar-refractivity contribution is 5.96. The zero-order valence-electron chi connectivity index (χ0n) is 21.9. The molecular weight excluding hydrogens is 480 g/mol. The SMILES string of the molecule is CCc1nc2c(N)ncc(-c3cnn(C4CCN(c5ccnc(C)n5)CC4)c3)c2nc1N[C@@H]1CC[C@H](O)C1. The lowest BCUT2D eigenvalue weighted by Crippen LogP contribution is -2.35. The Balaban J connectivity index is 1.26. The lowest BCUT2D eigenvalue weighted by atomic mass is 10.1. The smallest absolute Gasteiger partial charge is 0.151 e. The highest BCUT2D eigenvalue weighted by Crippen LogP contribution is 2.33. The summed E-state index contributed by atoms with van der Waals surface area (Å²) in [4.78, 5) is 25.4. The van der Waals surface area contributed by atoms with E-state index in [-0.39, 0.29) is 12.1 Å². The van der Waals surface area contributed by atoms with E-state index in [0.717, 1.165) is 85.9 Å². The van der Waals surface area contributed by atoms with E-state index in [0.29, 0.717) is 22.9 Å². The average molecular weight is 515 g/mol. The molecule has 4 aromatic heterocycles. The molecule has 1 saturated heterocycles. The second-order valence-electron chi connectivity index (χ2n) is 10.3. The van der Waals surface area contributed by atoms with Crippen molar-refractivity contribution in [2.24, 2.45) is 0 Å². The monoisotopic (exact) mass is 514 g/mol. The number of nitrogens with zero attached hydrogens (tertiary/aromatic N) is 8. The van der Waals surface area contributed by atoms with E-state index in [1.54, 1.807) is 6.20 Å². The number of hydrogen-bond acceptors (Lipinski definition) is 10. The zero-order valence-corrected chi connectivity index (χ0v) is 21.9. The van der Waals surface area contributed by atoms with Crippen LogP contribution in [0, 0.1) is 6.92 Å². The maximum atomic E-state index is 9.98. The van der Waals surface area contributed by atoms with Crippen molar-refractivity contribution >= 4 is 28.5 Å². The number of piperidine rings is 1. The third-order valence-corrected chi connectivity index (χ3v) is 7.72. The number of aliphatic hydroxyl groups excluding tert-OH is 1. The van der Waals surface area contributed by atoms with Crippen LogP contribution in [0.15, 0.2) is 30.9 Å². The van der Waals surface area contributed by atoms with Crippen LogP contribution >= 0.6 is 0 Å². The number of anilines is 3. The number of aryl methyl sites for hydroxylation is 2. The minimum Gasteiger partial charge on any atom is -0.393 e. The Morgan fingerprint density at radius 1 is 1.05 bits per heavy atom. The molecule has 2 atom stereocenters. The van der Waals surface area contributed by atoms with Gasteiger partial charge in [-0.15, -0.1) is 0 Å². The molecule has 198 valence electrons. The van der Waals surface area contributed by atoms with Crippen LogP contribution < -0.4 is 16.0 Å². The Morgan fingerprint density at radius 2 is 1.89 bits per heavy atom. The molecule has 0 aromatic carbocycles. The van der Waals surface area contributed by atoms with Crippen LogP contribution in [-0.2, 0) is 6.42 Å². The number of aliphatic hydroxyl groups is 1. The molecule has 5 heterocycles. The summed E-state index contributed by atoms with van der Waals surface area (Å²) in [5, 5.41) is 18.2. The van der Waals surface area contributed by atoms with Crippen molar-refractivity contribution in [1.82, 2.24) is 34.7 Å². The summed E-state index contributed by atoms with van der Waals surface area (Å²) in [6.07, 6.45) is 12.4. The third kappa shape index (κ3) is 4.73. The van der Waals surface area contributed by atoms with Gasteiger partial charge in [-0.3, -0.25) is 4.68 Å². The van der Waals surface area contributed by atoms with Crippen molar-refractivity contribution in [1.29, 1.82) is 0 Å². The third-order valence-electron chi connectivity index (χ3n) is 7.72. The standard InChI is InChI=1S/C27H34N10O/c1-3-22-27(33-18-4-5-20(38)12-18)35-24-21(14-30-26(28)25(24)34-22)17-13-31-37(15-17)19-7-10-36(11-8-19)23-6-9-29-16(2)32-23/h6,9,13-15,18-20,38H,3-5,7-8,10-12H2,1-2H3,(H2,28,30)(H,33,35)/t18-,20+/m1/s1. The van der Waals surface area contributed by atoms with Gasteiger partial charge in [0.05, 0.1) is 24.0 Å². The summed E-state index contributed by atoms with van der Waals surface area (Å²) in [5.74, 6) is 2.90. The Labute approximate surface area is 221 Å². The Kier molecular flexibility index (Phi) is 6.52. The minimum atomic E-state index is -0.260. The summed E-state index contributed by atoms with van der Waals surface area (Å²) in [5.41, 5.74) is 10.2. The summed E-state index contributed by atoms with van der Waals surface area (Å²) in [6.45, 7) is 5.81. The number of aromatic nitrogens is 7. The van der Waals surface area contributed by atoms with E-state index in [9.17, 15) is 5.11 Å². The van der Waals surface area contributed by atoms with Gasteiger partial charge in [0, 0.05) is 48.8 Å². The van der Waals surface area contributed by atoms with Gasteiger partial charge in [-0.1, -0.05) is 6.92 Å². The van der Waals surface area contributed by atoms with Gasteiger partial charge in [-0.25, -0.2) is 24.9 Å². The van der Waals surface area contributed by atoms with E-state index in [1.165, 1.54) is 0 Å². The minimum absolute atomic E-state index is 0.185. The first-order valence-corrected chi connectivity index (χ1v) is 13.5. The molecule has 2 fully saturated rings. The van der Waals surface area contributed by atoms with E-state index >= 15 is 0 Å². The predicted octanol–water partition coefficient (Wildman–Crippen LogP) is 3.30. The molecule has 0 bridgehead atoms. The van der Waals surface area contributed by atoms with E-state index in [4.69, 9.17) is 20.8 Å². The molecule has 0 amide bonds. The lowest BCUT2D eigenvalue weighted by molar-refractivity contribution is 0.182. The largest absolute Gasteiger partial charge is 0.393 e. The Morgan fingerprint density at radius 3 is 2.63 bits per heavy atom. The highest BCUT2D eigenvalue weighted by Gasteiger charge is 2.26. The van der Waals surface area contributed by atoms with Gasteiger partial charge in [0.15, 0.2) is 5.82 Å². The van der Waals surface area contributed by atoms with Gasteiger partial charge in [0.2, 0.25) is 0 Å². The molecule has 11 heteroatoms. The summed E-state index contributed by atoms with van der Waals surface area (Å²) < 4.78 is 2.06. The topological polar surface area (TPSA) is 144 Å². The van der Waals surface area contributed by atoms with Crippen molar-refractivity contribution in [3.63, 3.8) is 0 Å². The van der Waals surface area contributed by atoms with Crippen LogP contribution in [0.1, 0.15) is 56.6 Å². The highest BCUT2D eigenvalue weighted by atomic mass is 16.3. The fourth-order valence-electron chi connectivity index (χ4n) is 5.60. The van der Waals surface area contributed by atoms with Crippen LogP contribution in [0.2, 0.25) is 0 Å². The molecule has 11 nitrogen and oxygen atoms in total. The van der Waals surface area contributed by atoms with Gasteiger partial charge in [-0.05, 0) is 51.5 Å². The molecule has 4 aromatic rings. The number of nitrogens with two attached hydrogens (primary N) is 1. The molecule has 0 spiro atoms. The van der Waals surface area contributed by atoms with Crippen LogP contribution in [0.3, 0.4) is 0 Å². The molecule has 38 heavy (non-hydrogen) atoms. The predicted molar refractivity (Wildman–Crippen MR) is 147 cm³/mol. The molecule has 1 saturated carbocycles. The average Bonchev–Trinajstić information content (AvgIpc) is 3.58. The second kappa shape index (κ2) is 10.1. The first kappa shape index (κ1) is 24.5. The van der Waals surface area contributed by atoms with Crippen molar-refractivity contribution in [3.8, 4) is 11.1 Å². The molecule has 1 aliphatic carbocycles. The Hall–Kier alpha value is -3.86. The first-order chi connectivity index (χ1) is 18.5. The van der Waals surface area contributed by atoms with E-state index in [2.05, 4.69) is 43.0 Å². The van der Waals surface area contributed by atoms with Crippen molar-refractivity contribution in [2.75, 3.05) is 29.0 Å². The molecule has 6 rings (SSSR count). The number of fused-ring (bicyclic) bond motifs is 1. The van der Waals surface area contributed by atoms with Crippen LogP contribution in [0.5, 0.6) is 0 Å². The van der Waals surface area contributed by atoms with Crippen molar-refractivity contribution in [2.45, 2.75) is 70.6 Å². The summed E-state index contributed by atoms with van der Waals surface area (Å²) in [7, 11) is 0. The number of nitrogens with one attached hydrogen (secondary N) is 1. The first-order valence-electron chi connectivity index (χ1n) is 13.5. The zero-order chi connectivity index (χ0) is 26.2. The Bertz CT molecular complexity index is 1450. The maximum absolute atomic E-state index is 9.98. The van der Waals surface area contributed by atoms with E-state index in [1.807, 2.05) is 25.4 Å². The number of nitrogen functional groups attached to an aromatic ring is 1. The van der Waals surface area contributed by atoms with Gasteiger partial charge in [0.25, 0.3) is 0 Å². The molecule has 2 aliphatic rings. The molecular formula is C27H34N10O. The summed E-state index contributed by atoms with van der Waals surface area (Å²) >= 11 is 0. The molecule has 0 unspecified atom stereocenters. The normalized spacial score (nSPS) is 20.3. The molecule has 4 N–H and O–H groups in total. The fraction of sp³-hybridized carbons (Fsp3) is 0.481. The van der Waals surface area contributed by atoms with Crippen LogP contribution in [-0.4, -0.2) is 65.0 Å². The fourth-order valence-corrected chi connectivity index (χ4v) is 5.60. The lowest BCUT2D eigenvalue weighted by Gasteiger charge is -2.32. The maximum Gasteiger partial charge on any atom is 0.151 e. The van der Waals surface area contributed by atoms with Gasteiger partial charge < -0.3 is 21.1 Å². The van der Waals surface area contributed by atoms with Gasteiger partial charge in [0.1, 0.15) is 28.5 Å². The van der Waals surface area contributed by atoms with Crippen LogP contribution in [0.25, 0.3) is 22.2 Å². The number of rotatable bonds is 6. The van der Waals surface area contributed by atoms with Gasteiger partial charge in [-0.2, -0.15) is 5.10 Å². The van der Waals surface area contributed by atoms with E-state index < -0.39 is 0 Å². The van der Waals surface area contributed by atoms with Crippen molar-refractivity contribution < 1.29 is 5.11 Å². The summed E-state index contributed by atoms with van der Waals surface area (Å²) in [6, 6.07) is 2.46. The van der Waals surface area contributed by atoms with Crippen molar-refractivity contribution in [3.05, 3.63) is 42.4 Å². The van der Waals surface area contributed by atoms with Crippen LogP contribution in [0.4, 0.5) is 17.5 Å². The number of pyridine rings is 1. The molecule has 1 aliphatic heterocycles. The second-order valence-corrected chi connectivity index (χ2v) is 10.3.